The molecule has 0 atom stereocenters. The maximum atomic E-state index is 12.9. The van der Waals surface area contributed by atoms with Crippen LogP contribution in [0.15, 0.2) is 61.1 Å². The number of hydrogen-bond acceptors (Lipinski definition) is 7. The summed E-state index contributed by atoms with van der Waals surface area (Å²) in [4.78, 5) is 24.6. The van der Waals surface area contributed by atoms with E-state index in [-0.39, 0.29) is 18.2 Å². The van der Waals surface area contributed by atoms with E-state index in [1.54, 1.807) is 66.3 Å². The van der Waals surface area contributed by atoms with Gasteiger partial charge in [-0.25, -0.2) is 9.48 Å². The molecule has 0 unspecified atom stereocenters. The van der Waals surface area contributed by atoms with E-state index in [0.717, 1.165) is 0 Å². The van der Waals surface area contributed by atoms with E-state index in [1.165, 1.54) is 11.0 Å². The fourth-order valence-electron chi connectivity index (χ4n) is 2.84. The summed E-state index contributed by atoms with van der Waals surface area (Å²) < 4.78 is 7.87. The molecule has 4 rings (SSSR count). The highest BCUT2D eigenvalue weighted by Crippen LogP contribution is 2.21. The van der Waals surface area contributed by atoms with Crippen molar-refractivity contribution in [2.24, 2.45) is 0 Å². The van der Waals surface area contributed by atoms with Gasteiger partial charge in [-0.15, -0.1) is 5.10 Å². The number of anilines is 1. The van der Waals surface area contributed by atoms with Crippen molar-refractivity contribution in [2.75, 3.05) is 11.9 Å². The largest absolute Gasteiger partial charge is 0.461 e. The number of nitrogens with one attached hydrogen (secondary N) is 1. The summed E-state index contributed by atoms with van der Waals surface area (Å²) in [5.74, 6) is -0.852. The summed E-state index contributed by atoms with van der Waals surface area (Å²) in [6, 6.07) is 13.4. The van der Waals surface area contributed by atoms with Gasteiger partial charge < -0.3 is 10.1 Å². The molecule has 4 aromatic rings. The number of rotatable bonds is 6. The number of carbonyl (C=O) groups is 2. The van der Waals surface area contributed by atoms with Crippen LogP contribution in [0.4, 0.5) is 5.69 Å². The van der Waals surface area contributed by atoms with Gasteiger partial charge in [0.15, 0.2) is 5.69 Å². The zero-order valence-corrected chi connectivity index (χ0v) is 17.0. The Morgan fingerprint density at radius 1 is 1.10 bits per heavy atom. The molecule has 0 fully saturated rings. The molecule has 31 heavy (non-hydrogen) atoms. The lowest BCUT2D eigenvalue weighted by Gasteiger charge is -2.10. The molecule has 10 nitrogen and oxygen atoms in total. The van der Waals surface area contributed by atoms with E-state index >= 15 is 0 Å². The first-order chi connectivity index (χ1) is 15.0. The summed E-state index contributed by atoms with van der Waals surface area (Å²) in [6.45, 7) is 2.01. The van der Waals surface area contributed by atoms with Crippen LogP contribution in [0.2, 0.25) is 5.02 Å². The minimum Gasteiger partial charge on any atom is -0.461 e. The van der Waals surface area contributed by atoms with Gasteiger partial charge in [-0.05, 0) is 65.9 Å². The van der Waals surface area contributed by atoms with E-state index < -0.39 is 5.97 Å². The van der Waals surface area contributed by atoms with E-state index in [9.17, 15) is 9.59 Å². The van der Waals surface area contributed by atoms with Gasteiger partial charge >= 0.3 is 5.97 Å². The third-order valence-electron chi connectivity index (χ3n) is 4.26. The van der Waals surface area contributed by atoms with Gasteiger partial charge in [0.25, 0.3) is 5.91 Å². The minimum atomic E-state index is -0.481. The normalized spacial score (nSPS) is 10.6. The van der Waals surface area contributed by atoms with Crippen LogP contribution in [0.3, 0.4) is 0 Å². The van der Waals surface area contributed by atoms with Crippen molar-refractivity contribution in [2.45, 2.75) is 6.92 Å². The summed E-state index contributed by atoms with van der Waals surface area (Å²) in [7, 11) is 0. The van der Waals surface area contributed by atoms with Crippen LogP contribution in [0.1, 0.15) is 27.8 Å². The van der Waals surface area contributed by atoms with Crippen LogP contribution in [0.25, 0.3) is 11.4 Å². The van der Waals surface area contributed by atoms with Gasteiger partial charge in [-0.2, -0.15) is 9.78 Å². The molecule has 2 aromatic carbocycles. The van der Waals surface area contributed by atoms with E-state index in [4.69, 9.17) is 16.3 Å². The lowest BCUT2D eigenvalue weighted by atomic mass is 10.1. The van der Waals surface area contributed by atoms with Crippen LogP contribution < -0.4 is 5.32 Å². The second kappa shape index (κ2) is 8.76. The zero-order valence-electron chi connectivity index (χ0n) is 16.3. The van der Waals surface area contributed by atoms with Gasteiger partial charge in [-0.3, -0.25) is 4.79 Å². The number of tetrazole rings is 1. The second-order valence-electron chi connectivity index (χ2n) is 6.28. The number of halogens is 1. The molecule has 2 heterocycles. The molecule has 0 radical (unpaired) electrons. The van der Waals surface area contributed by atoms with E-state index in [2.05, 4.69) is 25.9 Å². The van der Waals surface area contributed by atoms with Crippen molar-refractivity contribution in [3.63, 3.8) is 0 Å². The molecule has 0 aliphatic rings. The summed E-state index contributed by atoms with van der Waals surface area (Å²) in [6.07, 6.45) is 3.05. The number of amides is 1. The average Bonchev–Trinajstić information content (AvgIpc) is 3.47. The average molecular weight is 438 g/mol. The number of nitrogens with zero attached hydrogens (tertiary/aromatic N) is 6. The standard InChI is InChI=1S/C20H16ClN7O3/c1-2-31-20(30)17-9-10-27(24-17)15-6-4-14(5-7-15)23-19(29)16-11-13(21)3-8-18(16)28-12-22-25-26-28/h3-12H,2H2,1H3,(H,23,29). The monoisotopic (exact) mass is 437 g/mol. The third-order valence-corrected chi connectivity index (χ3v) is 4.50. The Kier molecular flexibility index (Phi) is 5.72. The highest BCUT2D eigenvalue weighted by atomic mass is 35.5. The van der Waals surface area contributed by atoms with Crippen molar-refractivity contribution in [3.05, 3.63) is 77.3 Å². The SMILES string of the molecule is CCOC(=O)c1ccn(-c2ccc(NC(=O)c3cc(Cl)ccc3-n3cnnn3)cc2)n1. The maximum absolute atomic E-state index is 12.9. The molecule has 2 aromatic heterocycles. The molecule has 1 N–H and O–H groups in total. The number of esters is 1. The zero-order chi connectivity index (χ0) is 21.8. The Hall–Kier alpha value is -4.05. The first-order valence-electron chi connectivity index (χ1n) is 9.22. The van der Waals surface area contributed by atoms with Gasteiger partial charge in [0, 0.05) is 16.9 Å². The van der Waals surface area contributed by atoms with Crippen molar-refractivity contribution in [3.8, 4) is 11.4 Å². The summed E-state index contributed by atoms with van der Waals surface area (Å²) in [5, 5.41) is 18.5. The number of carbonyl (C=O) groups excluding carboxylic acids is 2. The fraction of sp³-hybridized carbons (Fsp3) is 0.100. The molecule has 0 bridgehead atoms. The van der Waals surface area contributed by atoms with Crippen LogP contribution in [0.5, 0.6) is 0 Å². The molecule has 156 valence electrons. The van der Waals surface area contributed by atoms with Crippen molar-refractivity contribution >= 4 is 29.2 Å². The first kappa shape index (κ1) is 20.2. The smallest absolute Gasteiger partial charge is 0.358 e. The van der Waals surface area contributed by atoms with Crippen LogP contribution in [0, 0.1) is 0 Å². The Labute approximate surface area is 181 Å². The van der Waals surface area contributed by atoms with E-state index in [0.29, 0.717) is 27.6 Å². The molecular weight excluding hydrogens is 422 g/mol. The summed E-state index contributed by atoms with van der Waals surface area (Å²) in [5.41, 5.74) is 2.30. The van der Waals surface area contributed by atoms with Crippen molar-refractivity contribution in [1.29, 1.82) is 0 Å². The van der Waals surface area contributed by atoms with Gasteiger partial charge in [0.05, 0.1) is 23.5 Å². The Bertz CT molecular complexity index is 1220. The lowest BCUT2D eigenvalue weighted by Crippen LogP contribution is -2.15. The number of ether oxygens (including phenoxy) is 1. The lowest BCUT2D eigenvalue weighted by molar-refractivity contribution is 0.0519. The second-order valence-corrected chi connectivity index (χ2v) is 6.72. The third kappa shape index (κ3) is 4.43. The Balaban J connectivity index is 1.52. The minimum absolute atomic E-state index is 0.218. The predicted molar refractivity (Wildman–Crippen MR) is 112 cm³/mol. The van der Waals surface area contributed by atoms with Crippen molar-refractivity contribution in [1.82, 2.24) is 30.0 Å². The highest BCUT2D eigenvalue weighted by Gasteiger charge is 2.15. The Morgan fingerprint density at radius 3 is 2.61 bits per heavy atom. The highest BCUT2D eigenvalue weighted by molar-refractivity contribution is 6.31. The molecule has 0 aliphatic carbocycles. The molecule has 11 heteroatoms. The molecule has 0 saturated carbocycles. The van der Waals surface area contributed by atoms with Crippen LogP contribution in [-0.2, 0) is 4.74 Å². The number of aromatic nitrogens is 6. The molecule has 0 aliphatic heterocycles. The number of hydrogen-bond donors (Lipinski definition) is 1. The molecule has 1 amide bonds. The van der Waals surface area contributed by atoms with Gasteiger partial charge in [0.1, 0.15) is 6.33 Å². The summed E-state index contributed by atoms with van der Waals surface area (Å²) >= 11 is 6.07. The van der Waals surface area contributed by atoms with Crippen molar-refractivity contribution < 1.29 is 14.3 Å². The number of benzene rings is 2. The molecule has 0 saturated heterocycles. The van der Waals surface area contributed by atoms with Gasteiger partial charge in [-0.1, -0.05) is 11.6 Å². The van der Waals surface area contributed by atoms with Crippen LogP contribution in [-0.4, -0.2) is 48.5 Å². The topological polar surface area (TPSA) is 117 Å². The van der Waals surface area contributed by atoms with E-state index in [1.807, 2.05) is 0 Å². The predicted octanol–water partition coefficient (Wildman–Crippen LogP) is 2.93. The quantitative estimate of drug-likeness (QED) is 0.461. The maximum Gasteiger partial charge on any atom is 0.358 e. The van der Waals surface area contributed by atoms with Crippen LogP contribution >= 0.6 is 11.6 Å². The first-order valence-corrected chi connectivity index (χ1v) is 9.60. The molecule has 0 spiro atoms. The van der Waals surface area contributed by atoms with Gasteiger partial charge in [0.2, 0.25) is 0 Å². The fourth-order valence-corrected chi connectivity index (χ4v) is 3.01. The molecular formula is C20H16ClN7O3. The Morgan fingerprint density at radius 2 is 1.90 bits per heavy atom.